The molecule has 0 aromatic heterocycles. The van der Waals surface area contributed by atoms with Gasteiger partial charge in [-0.25, -0.2) is 0 Å². The fourth-order valence-electron chi connectivity index (χ4n) is 4.27. The van der Waals surface area contributed by atoms with Crippen molar-refractivity contribution in [2.45, 2.75) is 11.8 Å². The second-order valence-electron chi connectivity index (χ2n) is 6.28. The van der Waals surface area contributed by atoms with Gasteiger partial charge in [0.2, 0.25) is 0 Å². The number of ketones is 1. The zero-order chi connectivity index (χ0) is 17.0. The second-order valence-corrected chi connectivity index (χ2v) is 6.28. The van der Waals surface area contributed by atoms with Crippen LogP contribution in [0.15, 0.2) is 48.5 Å². The molecule has 0 spiro atoms. The molecule has 4 atom stereocenters. The largest absolute Gasteiger partial charge is 0.481 e. The molecule has 0 saturated heterocycles. The molecule has 2 aromatic carbocycles. The van der Waals surface area contributed by atoms with Crippen LogP contribution in [-0.4, -0.2) is 27.9 Å². The highest BCUT2D eigenvalue weighted by Crippen LogP contribution is 2.60. The number of carboxylic acid groups (broad SMARTS) is 2. The van der Waals surface area contributed by atoms with E-state index in [4.69, 9.17) is 0 Å². The number of rotatable bonds is 2. The number of fused-ring (bicyclic) bond motifs is 5. The van der Waals surface area contributed by atoms with Gasteiger partial charge in [0.05, 0.1) is 11.8 Å². The van der Waals surface area contributed by atoms with Crippen molar-refractivity contribution < 1.29 is 24.6 Å². The lowest BCUT2D eigenvalue weighted by molar-refractivity contribution is -0.164. The van der Waals surface area contributed by atoms with Gasteiger partial charge in [0, 0.05) is 23.0 Å². The molecule has 4 rings (SSSR count). The summed E-state index contributed by atoms with van der Waals surface area (Å²) in [5.41, 5.74) is 2.20. The van der Waals surface area contributed by atoms with Crippen molar-refractivity contribution in [1.29, 1.82) is 0 Å². The van der Waals surface area contributed by atoms with Crippen molar-refractivity contribution in [2.75, 3.05) is 0 Å². The molecule has 0 aliphatic heterocycles. The minimum Gasteiger partial charge on any atom is -0.481 e. The minimum atomic E-state index is -1.13. The Hall–Kier alpha value is -2.95. The third kappa shape index (κ3) is 1.78. The summed E-state index contributed by atoms with van der Waals surface area (Å²) in [4.78, 5) is 36.3. The highest BCUT2D eigenvalue weighted by molar-refractivity contribution is 6.12. The molecule has 5 nitrogen and oxygen atoms in total. The number of carbonyl (C=O) groups is 3. The standard InChI is InChI=1S/C19H14O5/c20-17-11-7-3-1-5-9(11)13-14(10-6-2-4-8-12(10)17)16(19(23)24)15(13)18(21)22/h1-8,13-16H,(H,21,22)(H,23,24)/t13?,14?,15-,16+. The van der Waals surface area contributed by atoms with Crippen LogP contribution in [0.3, 0.4) is 0 Å². The molecule has 0 amide bonds. The van der Waals surface area contributed by atoms with Crippen LogP contribution in [-0.2, 0) is 9.59 Å². The van der Waals surface area contributed by atoms with Crippen LogP contribution in [0.5, 0.6) is 0 Å². The van der Waals surface area contributed by atoms with E-state index in [1.54, 1.807) is 48.5 Å². The molecule has 120 valence electrons. The first-order chi connectivity index (χ1) is 11.5. The third-order valence-electron chi connectivity index (χ3n) is 5.25. The molecular weight excluding hydrogens is 308 g/mol. The van der Waals surface area contributed by atoms with E-state index < -0.39 is 35.6 Å². The normalized spacial score (nSPS) is 27.1. The quantitative estimate of drug-likeness (QED) is 0.886. The predicted octanol–water partition coefficient (Wildman–Crippen LogP) is 2.51. The molecule has 2 unspecified atom stereocenters. The van der Waals surface area contributed by atoms with Gasteiger partial charge < -0.3 is 10.2 Å². The average Bonchev–Trinajstić information content (AvgIpc) is 2.60. The lowest BCUT2D eigenvalue weighted by Gasteiger charge is -2.48. The zero-order valence-electron chi connectivity index (χ0n) is 12.5. The number of aliphatic carboxylic acids is 2. The molecule has 2 aromatic rings. The summed E-state index contributed by atoms with van der Waals surface area (Å²) >= 11 is 0. The molecule has 0 radical (unpaired) electrons. The Kier molecular flexibility index (Phi) is 3.06. The Morgan fingerprint density at radius 2 is 1.08 bits per heavy atom. The Balaban J connectivity index is 2.01. The van der Waals surface area contributed by atoms with Crippen LogP contribution in [0.25, 0.3) is 0 Å². The van der Waals surface area contributed by atoms with E-state index in [-0.39, 0.29) is 5.78 Å². The van der Waals surface area contributed by atoms with Crippen molar-refractivity contribution in [3.05, 3.63) is 70.8 Å². The van der Waals surface area contributed by atoms with Gasteiger partial charge in [-0.2, -0.15) is 0 Å². The fourth-order valence-corrected chi connectivity index (χ4v) is 4.27. The Bertz CT molecular complexity index is 813. The number of hydrogen-bond donors (Lipinski definition) is 2. The summed E-state index contributed by atoms with van der Waals surface area (Å²) in [7, 11) is 0. The second kappa shape index (κ2) is 5.03. The first-order valence-electron chi connectivity index (χ1n) is 7.70. The fraction of sp³-hybridized carbons (Fsp3) is 0.211. The van der Waals surface area contributed by atoms with Gasteiger partial charge in [0.1, 0.15) is 0 Å². The smallest absolute Gasteiger partial charge is 0.308 e. The van der Waals surface area contributed by atoms with Gasteiger partial charge in [-0.1, -0.05) is 48.5 Å². The van der Waals surface area contributed by atoms with Crippen LogP contribution in [0.1, 0.15) is 38.9 Å². The van der Waals surface area contributed by atoms with Gasteiger partial charge in [-0.3, -0.25) is 14.4 Å². The topological polar surface area (TPSA) is 91.7 Å². The lowest BCUT2D eigenvalue weighted by Crippen LogP contribution is -2.51. The van der Waals surface area contributed by atoms with E-state index in [9.17, 15) is 24.6 Å². The van der Waals surface area contributed by atoms with E-state index >= 15 is 0 Å². The van der Waals surface area contributed by atoms with Crippen molar-refractivity contribution >= 4 is 17.7 Å². The van der Waals surface area contributed by atoms with Gasteiger partial charge >= 0.3 is 11.9 Å². The van der Waals surface area contributed by atoms with E-state index in [0.29, 0.717) is 22.3 Å². The van der Waals surface area contributed by atoms with Gasteiger partial charge in [0.25, 0.3) is 0 Å². The predicted molar refractivity (Wildman–Crippen MR) is 84.1 cm³/mol. The maximum absolute atomic E-state index is 12.9. The van der Waals surface area contributed by atoms with Crippen molar-refractivity contribution in [2.24, 2.45) is 11.8 Å². The van der Waals surface area contributed by atoms with Crippen LogP contribution < -0.4 is 0 Å². The first-order valence-corrected chi connectivity index (χ1v) is 7.70. The molecule has 2 aliphatic carbocycles. The number of carbonyl (C=O) groups excluding carboxylic acids is 1. The van der Waals surface area contributed by atoms with Crippen molar-refractivity contribution in [1.82, 2.24) is 0 Å². The van der Waals surface area contributed by atoms with Gasteiger partial charge in [-0.15, -0.1) is 0 Å². The Morgan fingerprint density at radius 3 is 1.46 bits per heavy atom. The summed E-state index contributed by atoms with van der Waals surface area (Å²) in [5, 5.41) is 19.1. The van der Waals surface area contributed by atoms with Crippen LogP contribution in [0.2, 0.25) is 0 Å². The molecule has 24 heavy (non-hydrogen) atoms. The molecule has 5 heteroatoms. The van der Waals surface area contributed by atoms with Crippen LogP contribution >= 0.6 is 0 Å². The number of hydrogen-bond acceptors (Lipinski definition) is 3. The molecule has 1 saturated carbocycles. The van der Waals surface area contributed by atoms with Crippen LogP contribution in [0, 0.1) is 11.8 Å². The van der Waals surface area contributed by atoms with Crippen LogP contribution in [0.4, 0.5) is 0 Å². The third-order valence-corrected chi connectivity index (χ3v) is 5.25. The minimum absolute atomic E-state index is 0.177. The summed E-state index contributed by atoms with van der Waals surface area (Å²) < 4.78 is 0. The van der Waals surface area contributed by atoms with Gasteiger partial charge in [0.15, 0.2) is 5.78 Å². The monoisotopic (exact) mass is 322 g/mol. The SMILES string of the molecule is O=C1c2ccccc2C2C(c3ccccc31)[C@H](C(=O)O)[C@@H]2C(=O)O. The zero-order valence-corrected chi connectivity index (χ0v) is 12.5. The summed E-state index contributed by atoms with van der Waals surface area (Å²) in [5.74, 6) is -5.53. The maximum atomic E-state index is 12.9. The highest BCUT2D eigenvalue weighted by atomic mass is 16.4. The van der Waals surface area contributed by atoms with E-state index in [2.05, 4.69) is 0 Å². The summed E-state index contributed by atoms with van der Waals surface area (Å²) in [6.45, 7) is 0. The Labute approximate surface area is 137 Å². The summed E-state index contributed by atoms with van der Waals surface area (Å²) in [6, 6.07) is 13.8. The molecule has 1 fully saturated rings. The number of benzene rings is 2. The molecule has 2 aliphatic rings. The molecular formula is C19H14O5. The molecule has 0 bridgehead atoms. The molecule has 2 N–H and O–H groups in total. The lowest BCUT2D eigenvalue weighted by atomic mass is 9.52. The van der Waals surface area contributed by atoms with E-state index in [1.165, 1.54) is 0 Å². The summed E-state index contributed by atoms with van der Waals surface area (Å²) in [6.07, 6.45) is 0. The maximum Gasteiger partial charge on any atom is 0.308 e. The molecule has 0 heterocycles. The van der Waals surface area contributed by atoms with Crippen molar-refractivity contribution in [3.63, 3.8) is 0 Å². The van der Waals surface area contributed by atoms with E-state index in [1.807, 2.05) is 0 Å². The van der Waals surface area contributed by atoms with Gasteiger partial charge in [-0.05, 0) is 11.1 Å². The Morgan fingerprint density at radius 1 is 0.708 bits per heavy atom. The first kappa shape index (κ1) is 14.6. The number of carboxylic acids is 2. The highest BCUT2D eigenvalue weighted by Gasteiger charge is 2.60. The van der Waals surface area contributed by atoms with Crippen molar-refractivity contribution in [3.8, 4) is 0 Å². The van der Waals surface area contributed by atoms with E-state index in [0.717, 1.165) is 0 Å². The average molecular weight is 322 g/mol.